The van der Waals surface area contributed by atoms with Crippen LogP contribution in [0.15, 0.2) is 0 Å². The first-order valence-electron chi connectivity index (χ1n) is 3.06. The van der Waals surface area contributed by atoms with E-state index in [1.807, 2.05) is 0 Å². The van der Waals surface area contributed by atoms with Crippen LogP contribution in [0.1, 0.15) is 33.1 Å². The molecule has 0 radical (unpaired) electrons. The van der Waals surface area contributed by atoms with E-state index in [0.29, 0.717) is 0 Å². The predicted octanol–water partition coefficient (Wildman–Crippen LogP) is 3.30. The zero-order chi connectivity index (χ0) is 8.62. The summed E-state index contributed by atoms with van der Waals surface area (Å²) >= 11 is 2.67. The summed E-state index contributed by atoms with van der Waals surface area (Å²) in [5, 5.41) is 0. The SMILES string of the molecule is CCCCC.O=S(=O)(I)I. The van der Waals surface area contributed by atoms with Crippen LogP contribution in [-0.2, 0) is 4.18 Å². The van der Waals surface area contributed by atoms with Gasteiger partial charge in [0.15, 0.2) is 0 Å². The Morgan fingerprint density at radius 1 is 1.10 bits per heavy atom. The van der Waals surface area contributed by atoms with Gasteiger partial charge >= 0.3 is 0 Å². The lowest BCUT2D eigenvalue weighted by Crippen LogP contribution is -1.60. The number of hydrogen-bond donors (Lipinski definition) is 0. The summed E-state index contributed by atoms with van der Waals surface area (Å²) in [7, 11) is 0. The summed E-state index contributed by atoms with van der Waals surface area (Å²) in [6.07, 6.45) is 4.08. The van der Waals surface area contributed by atoms with Crippen molar-refractivity contribution in [1.29, 1.82) is 0 Å². The molecule has 10 heavy (non-hydrogen) atoms. The van der Waals surface area contributed by atoms with Crippen molar-refractivity contribution in [2.45, 2.75) is 33.1 Å². The summed E-state index contributed by atoms with van der Waals surface area (Å²) in [6.45, 7) is 4.42. The molecule has 0 aliphatic carbocycles. The highest BCUT2D eigenvalue weighted by molar-refractivity contribution is 14.3. The molecule has 0 fully saturated rings. The second-order valence-electron chi connectivity index (χ2n) is 1.73. The summed E-state index contributed by atoms with van der Waals surface area (Å²) in [5.41, 5.74) is 0. The quantitative estimate of drug-likeness (QED) is 0.536. The molecule has 0 rings (SSSR count). The third-order valence-corrected chi connectivity index (χ3v) is 0.707. The minimum Gasteiger partial charge on any atom is -0.208 e. The normalized spacial score (nSPS) is 10.0. The molecule has 0 aromatic carbocycles. The number of hydrogen-bond acceptors (Lipinski definition) is 2. The van der Waals surface area contributed by atoms with Gasteiger partial charge in [-0.15, -0.1) is 0 Å². The van der Waals surface area contributed by atoms with E-state index in [1.54, 1.807) is 0 Å². The van der Waals surface area contributed by atoms with Crippen molar-refractivity contribution in [2.75, 3.05) is 0 Å². The van der Waals surface area contributed by atoms with Gasteiger partial charge in [-0.05, 0) is 0 Å². The molecule has 0 heterocycles. The largest absolute Gasteiger partial charge is 0.255 e. The molecular weight excluding hydrogens is 378 g/mol. The van der Waals surface area contributed by atoms with Gasteiger partial charge in [-0.25, -0.2) is 8.42 Å². The van der Waals surface area contributed by atoms with Crippen molar-refractivity contribution in [1.82, 2.24) is 0 Å². The van der Waals surface area contributed by atoms with E-state index >= 15 is 0 Å². The molecule has 0 atom stereocenters. The maximum atomic E-state index is 9.61. The van der Waals surface area contributed by atoms with Gasteiger partial charge in [0.1, 0.15) is 0 Å². The van der Waals surface area contributed by atoms with E-state index < -0.39 is 4.18 Å². The average Bonchev–Trinajstić information content (AvgIpc) is 1.63. The minimum absolute atomic E-state index is 1.34. The highest BCUT2D eigenvalue weighted by Gasteiger charge is 1.86. The lowest BCUT2D eigenvalue weighted by atomic mass is 10.3. The monoisotopic (exact) mass is 390 g/mol. The molecular formula is C5H12I2O2S. The zero-order valence-corrected chi connectivity index (χ0v) is 11.2. The zero-order valence-electron chi connectivity index (χ0n) is 6.10. The van der Waals surface area contributed by atoms with Crippen molar-refractivity contribution < 1.29 is 8.42 Å². The van der Waals surface area contributed by atoms with E-state index in [1.165, 1.54) is 61.7 Å². The predicted molar refractivity (Wildman–Crippen MR) is 62.2 cm³/mol. The summed E-state index contributed by atoms with van der Waals surface area (Å²) < 4.78 is 16.5. The van der Waals surface area contributed by atoms with Crippen LogP contribution in [0, 0.1) is 0 Å². The van der Waals surface area contributed by atoms with Crippen LogP contribution in [0.2, 0.25) is 0 Å². The molecule has 0 unspecified atom stereocenters. The number of unbranched alkanes of at least 4 members (excludes halogenated alkanes) is 2. The third-order valence-electron chi connectivity index (χ3n) is 0.707. The second kappa shape index (κ2) is 8.51. The molecule has 64 valence electrons. The Balaban J connectivity index is 0. The molecule has 0 amide bonds. The van der Waals surface area contributed by atoms with Crippen molar-refractivity contribution in [3.8, 4) is 0 Å². The van der Waals surface area contributed by atoms with Gasteiger partial charge in [-0.1, -0.05) is 33.1 Å². The molecule has 2 nitrogen and oxygen atoms in total. The van der Waals surface area contributed by atoms with E-state index in [-0.39, 0.29) is 0 Å². The highest BCUT2D eigenvalue weighted by atomic mass is 127. The molecule has 0 aliphatic rings. The topological polar surface area (TPSA) is 34.1 Å². The molecule has 0 spiro atoms. The van der Waals surface area contributed by atoms with Gasteiger partial charge in [-0.3, -0.25) is 0 Å². The lowest BCUT2D eigenvalue weighted by Gasteiger charge is -1.79. The van der Waals surface area contributed by atoms with Crippen LogP contribution in [0.5, 0.6) is 0 Å². The van der Waals surface area contributed by atoms with E-state index in [9.17, 15) is 8.42 Å². The van der Waals surface area contributed by atoms with E-state index in [4.69, 9.17) is 0 Å². The van der Waals surface area contributed by atoms with Crippen molar-refractivity contribution >= 4 is 46.6 Å². The van der Waals surface area contributed by atoms with Crippen LogP contribution in [0.25, 0.3) is 0 Å². The average molecular weight is 390 g/mol. The van der Waals surface area contributed by atoms with Crippen LogP contribution in [0.4, 0.5) is 0 Å². The molecule has 0 N–H and O–H groups in total. The van der Waals surface area contributed by atoms with Crippen LogP contribution < -0.4 is 0 Å². The van der Waals surface area contributed by atoms with Gasteiger partial charge in [-0.2, -0.15) is 0 Å². The van der Waals surface area contributed by atoms with E-state index in [0.717, 1.165) is 0 Å². The maximum Gasteiger partial charge on any atom is 0.255 e. The van der Waals surface area contributed by atoms with Crippen molar-refractivity contribution in [2.24, 2.45) is 0 Å². The smallest absolute Gasteiger partial charge is 0.208 e. The van der Waals surface area contributed by atoms with Crippen LogP contribution in [0.3, 0.4) is 0 Å². The van der Waals surface area contributed by atoms with Gasteiger partial charge < -0.3 is 0 Å². The van der Waals surface area contributed by atoms with Gasteiger partial charge in [0.2, 0.25) is 0 Å². The Bertz CT molecular complexity index is 132. The molecule has 0 aliphatic heterocycles. The molecule has 0 bridgehead atoms. The molecule has 0 aromatic rings. The standard InChI is InChI=1S/C5H12.I2O2S/c1-3-5-4-2;1-5(2,3)4/h3-5H2,1-2H3;. The van der Waals surface area contributed by atoms with Gasteiger partial charge in [0.25, 0.3) is 4.18 Å². The van der Waals surface area contributed by atoms with Crippen molar-refractivity contribution in [3.63, 3.8) is 0 Å². The molecule has 0 aromatic heterocycles. The lowest BCUT2D eigenvalue weighted by molar-refractivity contribution is 0.627. The van der Waals surface area contributed by atoms with Crippen LogP contribution in [-0.4, -0.2) is 8.42 Å². The number of rotatable bonds is 2. The molecule has 0 saturated carbocycles. The van der Waals surface area contributed by atoms with Crippen molar-refractivity contribution in [3.05, 3.63) is 0 Å². The fourth-order valence-corrected chi connectivity index (χ4v) is 0.354. The fraction of sp³-hybridized carbons (Fsp3) is 1.00. The van der Waals surface area contributed by atoms with E-state index in [2.05, 4.69) is 13.8 Å². The molecule has 0 saturated heterocycles. The fourth-order valence-electron chi connectivity index (χ4n) is 0.354. The second-order valence-corrected chi connectivity index (χ2v) is 14.5. The van der Waals surface area contributed by atoms with Gasteiger partial charge in [0, 0.05) is 0 Å². The minimum atomic E-state index is -2.73. The summed E-state index contributed by atoms with van der Waals surface area (Å²) in [4.78, 5) is 0. The highest BCUT2D eigenvalue weighted by Crippen LogP contribution is 2.08. The Hall–Kier alpha value is 1.41. The Morgan fingerprint density at radius 2 is 1.30 bits per heavy atom. The summed E-state index contributed by atoms with van der Waals surface area (Å²) in [5.74, 6) is 0. The molecule has 5 heteroatoms. The first-order valence-corrected chi connectivity index (χ1v) is 9.62. The summed E-state index contributed by atoms with van der Waals surface area (Å²) in [6, 6.07) is 0. The maximum absolute atomic E-state index is 9.61. The first kappa shape index (κ1) is 14.0. The van der Waals surface area contributed by atoms with Crippen LogP contribution >= 0.6 is 42.4 Å². The van der Waals surface area contributed by atoms with Gasteiger partial charge in [0.05, 0.1) is 42.4 Å². The Morgan fingerprint density at radius 3 is 1.30 bits per heavy atom. The number of halogens is 2. The first-order chi connectivity index (χ1) is 4.41. The third kappa shape index (κ3) is 57.2. The Labute approximate surface area is 87.2 Å². The Kier molecular flexibility index (Phi) is 11.9.